The molecule has 0 aliphatic rings. The van der Waals surface area contributed by atoms with Gasteiger partial charge in [0, 0.05) is 63.2 Å². The van der Waals surface area contributed by atoms with Gasteiger partial charge in [-0.1, -0.05) is 0 Å². The maximum atomic E-state index is 0. The molecule has 0 N–H and O–H groups in total. The van der Waals surface area contributed by atoms with Crippen LogP contribution in [-0.4, -0.2) is 52.4 Å². The molecule has 0 amide bonds. The first-order chi connectivity index (χ1) is 0. The Morgan fingerprint density at radius 2 is 0.176 bits per heavy atom. The van der Waals surface area contributed by atoms with E-state index in [9.17, 15) is 0 Å². The molecule has 0 aromatic heterocycles. The first kappa shape index (κ1) is 679. The van der Waals surface area contributed by atoms with Gasteiger partial charge in [0.1, 0.15) is 0 Å². The van der Waals surface area contributed by atoms with Crippen LogP contribution in [0, 0.1) is 0 Å². The summed E-state index contributed by atoms with van der Waals surface area (Å²) in [6.07, 6.45) is 0. The van der Waals surface area contributed by atoms with Gasteiger partial charge in [-0.3, -0.25) is 0 Å². The Hall–Kier alpha value is 3.35. The van der Waals surface area contributed by atoms with E-state index in [2.05, 4.69) is 0 Å². The summed E-state index contributed by atoms with van der Waals surface area (Å²) < 4.78 is 0. The quantitative estimate of drug-likeness (QED) is 0.234. The van der Waals surface area contributed by atoms with Crippen molar-refractivity contribution in [1.29, 1.82) is 0 Å². The molecule has 118 valence electrons. The SMILES string of the molecule is [Bi+3].[Bi+3].[O-2].[O-2].[O-2].[O-2].[O-2].[O-2].[O-2].[O-2].[O-2].[O-2].[O-2].[O-2].[W].[W].[W]. The molecule has 0 rings (SSSR count). The molecule has 0 saturated carbocycles. The van der Waals surface area contributed by atoms with Gasteiger partial charge in [0.25, 0.3) is 0 Å². The van der Waals surface area contributed by atoms with E-state index in [1.54, 1.807) is 0 Å². The third-order valence-corrected chi connectivity index (χ3v) is 0. The average Bonchev–Trinajstić information content (AvgIpc) is 0. The van der Waals surface area contributed by atoms with Crippen molar-refractivity contribution >= 4 is 52.4 Å². The van der Waals surface area contributed by atoms with Crippen LogP contribution < -0.4 is 0 Å². The topological polar surface area (TPSA) is 342 Å². The summed E-state index contributed by atoms with van der Waals surface area (Å²) in [6, 6.07) is 0. The van der Waals surface area contributed by atoms with Crippen LogP contribution in [0.3, 0.4) is 0 Å². The summed E-state index contributed by atoms with van der Waals surface area (Å²) in [4.78, 5) is 0. The predicted molar refractivity (Wildman–Crippen MR) is 19.7 cm³/mol. The van der Waals surface area contributed by atoms with Gasteiger partial charge in [-0.15, -0.1) is 0 Å². The van der Waals surface area contributed by atoms with Crippen molar-refractivity contribution in [3.05, 3.63) is 0 Å². The van der Waals surface area contributed by atoms with E-state index >= 15 is 0 Å². The number of rotatable bonds is 0. The fourth-order valence-electron chi connectivity index (χ4n) is 0. The van der Waals surface area contributed by atoms with Crippen molar-refractivity contribution in [3.8, 4) is 0 Å². The molecule has 0 heterocycles. The maximum Gasteiger partial charge on any atom is 3.00 e. The molecule has 0 aliphatic heterocycles. The largest absolute Gasteiger partial charge is 3.00 e. The Morgan fingerprint density at radius 3 is 0.176 bits per heavy atom. The van der Waals surface area contributed by atoms with Crippen molar-refractivity contribution in [1.82, 2.24) is 0 Å². The Morgan fingerprint density at radius 1 is 0.176 bits per heavy atom. The molecule has 0 spiro atoms. The van der Waals surface area contributed by atoms with Gasteiger partial charge < -0.3 is 65.7 Å². The Bertz CT molecular complexity index is 19.7. The Kier molecular flexibility index (Phi) is 23200. The third-order valence-electron chi connectivity index (χ3n) is 0. The van der Waals surface area contributed by atoms with Gasteiger partial charge in [0.2, 0.25) is 0 Å². The zero-order valence-electron chi connectivity index (χ0n) is 7.02. The Balaban J connectivity index is 0. The molecule has 17 heteroatoms. The monoisotopic (exact) mass is 1160 g/mol. The van der Waals surface area contributed by atoms with Gasteiger partial charge in [-0.05, 0) is 0 Å². The van der Waals surface area contributed by atoms with E-state index in [4.69, 9.17) is 0 Å². The summed E-state index contributed by atoms with van der Waals surface area (Å²) >= 11 is 0. The summed E-state index contributed by atoms with van der Waals surface area (Å²) in [5, 5.41) is 0. The van der Waals surface area contributed by atoms with Crippen LogP contribution in [0.5, 0.6) is 0 Å². The van der Waals surface area contributed by atoms with Crippen molar-refractivity contribution in [3.63, 3.8) is 0 Å². The minimum atomic E-state index is 0. The van der Waals surface area contributed by atoms with Crippen LogP contribution in [0.15, 0.2) is 0 Å². The molecule has 0 bridgehead atoms. The van der Waals surface area contributed by atoms with E-state index in [1.807, 2.05) is 0 Å². The summed E-state index contributed by atoms with van der Waals surface area (Å²) in [5.74, 6) is 0. The minimum Gasteiger partial charge on any atom is -2.00 e. The molecule has 0 fully saturated rings. The van der Waals surface area contributed by atoms with Crippen LogP contribution in [0.2, 0.25) is 0 Å². The normalized spacial score (nSPS) is 0. The molecule has 0 aliphatic carbocycles. The molecule has 0 atom stereocenters. The fraction of sp³-hybridized carbons (Fsp3) is 0. The molecule has 17 heavy (non-hydrogen) atoms. The first-order valence-corrected chi connectivity index (χ1v) is 0. The van der Waals surface area contributed by atoms with Crippen molar-refractivity contribution < 1.29 is 129 Å². The fourth-order valence-corrected chi connectivity index (χ4v) is 0. The number of hydrogen-bond acceptors (Lipinski definition) is 0. The summed E-state index contributed by atoms with van der Waals surface area (Å²) in [7, 11) is 0. The van der Waals surface area contributed by atoms with Gasteiger partial charge in [0.05, 0.1) is 0 Å². The van der Waals surface area contributed by atoms with Gasteiger partial charge >= 0.3 is 52.4 Å². The van der Waals surface area contributed by atoms with Crippen LogP contribution in [0.4, 0.5) is 0 Å². The molecule has 0 aromatic rings. The van der Waals surface area contributed by atoms with Gasteiger partial charge in [-0.25, -0.2) is 0 Å². The smallest absolute Gasteiger partial charge is 2.00 e. The zero-order valence-corrected chi connectivity index (χ0v) is 22.8. The molecule has 4 radical (unpaired) electrons. The third kappa shape index (κ3) is 519. The van der Waals surface area contributed by atoms with Crippen molar-refractivity contribution in [2.75, 3.05) is 0 Å². The molecular formula is Bi2O12W3-18. The second kappa shape index (κ2) is 580. The average molecular weight is 1160 g/mol. The molecule has 0 saturated heterocycles. The Labute approximate surface area is 179 Å². The van der Waals surface area contributed by atoms with Crippen molar-refractivity contribution in [2.45, 2.75) is 0 Å². The second-order valence-corrected chi connectivity index (χ2v) is 0. The maximum absolute atomic E-state index is 0. The van der Waals surface area contributed by atoms with Crippen LogP contribution in [0.1, 0.15) is 0 Å². The van der Waals surface area contributed by atoms with Gasteiger partial charge in [0.15, 0.2) is 0 Å². The first-order valence-electron chi connectivity index (χ1n) is 0. The minimum absolute atomic E-state index is 0. The summed E-state index contributed by atoms with van der Waals surface area (Å²) in [5.41, 5.74) is 0. The van der Waals surface area contributed by atoms with Crippen LogP contribution in [0.25, 0.3) is 0 Å². The van der Waals surface area contributed by atoms with Crippen LogP contribution in [-0.2, 0) is 129 Å². The summed E-state index contributed by atoms with van der Waals surface area (Å²) in [6.45, 7) is 0. The van der Waals surface area contributed by atoms with E-state index < -0.39 is 0 Å². The molecule has 0 aromatic carbocycles. The standard InChI is InChI=1S/2Bi.12O.3W/q2*+3;12*-2;;;. The molecule has 12 nitrogen and oxygen atoms in total. The van der Waals surface area contributed by atoms with E-state index in [1.165, 1.54) is 0 Å². The molecule has 0 unspecified atom stereocenters. The molecular weight excluding hydrogens is 1160 g/mol. The second-order valence-electron chi connectivity index (χ2n) is 0. The zero-order chi connectivity index (χ0) is 0. The van der Waals surface area contributed by atoms with Gasteiger partial charge in [-0.2, -0.15) is 0 Å². The van der Waals surface area contributed by atoms with E-state index in [0.29, 0.717) is 0 Å². The predicted octanol–water partition coefficient (Wildman–Crippen LogP) is -2.19. The number of hydrogen-bond donors (Lipinski definition) is 0. The van der Waals surface area contributed by atoms with E-state index in [-0.39, 0.29) is 181 Å². The van der Waals surface area contributed by atoms with Crippen molar-refractivity contribution in [2.24, 2.45) is 0 Å². The van der Waals surface area contributed by atoms with Crippen LogP contribution >= 0.6 is 0 Å². The van der Waals surface area contributed by atoms with E-state index in [0.717, 1.165) is 0 Å².